The summed E-state index contributed by atoms with van der Waals surface area (Å²) in [5.74, 6) is 6.13. The Morgan fingerprint density at radius 2 is 2.00 bits per heavy atom. The van der Waals surface area contributed by atoms with Gasteiger partial charge in [0.05, 0.1) is 0 Å². The molecular weight excluding hydrogens is 218 g/mol. The van der Waals surface area contributed by atoms with Crippen molar-refractivity contribution in [1.82, 2.24) is 16.1 Å². The number of amides is 1. The lowest BCUT2D eigenvalue weighted by Gasteiger charge is -2.17. The minimum Gasteiger partial charge on any atom is -0.354 e. The molecule has 0 saturated heterocycles. The van der Waals surface area contributed by atoms with E-state index >= 15 is 0 Å². The second-order valence-electron chi connectivity index (χ2n) is 4.38. The molecule has 0 fully saturated rings. The molecule has 0 radical (unpaired) electrons. The smallest absolute Gasteiger partial charge is 0.242 e. The summed E-state index contributed by atoms with van der Waals surface area (Å²) in [7, 11) is 0. The summed E-state index contributed by atoms with van der Waals surface area (Å²) in [5.41, 5.74) is 2.45. The van der Waals surface area contributed by atoms with Gasteiger partial charge in [-0.2, -0.15) is 0 Å². The van der Waals surface area contributed by atoms with E-state index in [2.05, 4.69) is 21.1 Å². The Bertz CT molecular complexity index is 252. The van der Waals surface area contributed by atoms with Gasteiger partial charge in [-0.25, -0.2) is 5.84 Å². The third kappa shape index (κ3) is 7.57. The van der Waals surface area contributed by atoms with Gasteiger partial charge in [0.1, 0.15) is 6.04 Å². The number of aliphatic imine (C=N–C) groups is 1. The van der Waals surface area contributed by atoms with Gasteiger partial charge >= 0.3 is 0 Å². The summed E-state index contributed by atoms with van der Waals surface area (Å²) in [6.07, 6.45) is 0.931. The van der Waals surface area contributed by atoms with Crippen LogP contribution in [0, 0.1) is 5.92 Å². The van der Waals surface area contributed by atoms with Crippen molar-refractivity contribution in [3.63, 3.8) is 0 Å². The summed E-state index contributed by atoms with van der Waals surface area (Å²) < 4.78 is 0. The molecule has 0 rings (SSSR count). The van der Waals surface area contributed by atoms with E-state index in [0.717, 1.165) is 6.42 Å². The van der Waals surface area contributed by atoms with Crippen LogP contribution in [-0.4, -0.2) is 31.0 Å². The van der Waals surface area contributed by atoms with Crippen LogP contribution in [0.4, 0.5) is 0 Å². The molecule has 0 spiro atoms. The van der Waals surface area contributed by atoms with E-state index in [-0.39, 0.29) is 11.9 Å². The van der Waals surface area contributed by atoms with Gasteiger partial charge in [0.2, 0.25) is 11.9 Å². The fourth-order valence-electron chi connectivity index (χ4n) is 1.08. The molecule has 0 bridgehead atoms. The standard InChI is InChI=1S/C11H25N5O/c1-5-6-13-11(16-12)15-9(4)10(17)14-7-8(2)3/h8-9H,5-7,12H2,1-4H3,(H,14,17)(H2,13,15,16). The van der Waals surface area contributed by atoms with Crippen molar-refractivity contribution in [2.24, 2.45) is 16.8 Å². The van der Waals surface area contributed by atoms with Gasteiger partial charge in [-0.1, -0.05) is 20.8 Å². The first kappa shape index (κ1) is 15.7. The summed E-state index contributed by atoms with van der Waals surface area (Å²) >= 11 is 0. The van der Waals surface area contributed by atoms with Crippen molar-refractivity contribution < 1.29 is 4.79 Å². The second kappa shape index (κ2) is 8.81. The Morgan fingerprint density at radius 1 is 1.35 bits per heavy atom. The fourth-order valence-corrected chi connectivity index (χ4v) is 1.08. The topological polar surface area (TPSA) is 91.5 Å². The van der Waals surface area contributed by atoms with E-state index in [9.17, 15) is 4.79 Å². The summed E-state index contributed by atoms with van der Waals surface area (Å²) in [6.45, 7) is 9.24. The highest BCUT2D eigenvalue weighted by molar-refractivity contribution is 5.88. The van der Waals surface area contributed by atoms with E-state index < -0.39 is 0 Å². The van der Waals surface area contributed by atoms with Crippen LogP contribution < -0.4 is 21.9 Å². The number of nitrogens with one attached hydrogen (secondary N) is 3. The minimum atomic E-state index is -0.361. The maximum absolute atomic E-state index is 11.7. The average Bonchev–Trinajstić information content (AvgIpc) is 2.30. The number of hydrogen-bond acceptors (Lipinski definition) is 3. The van der Waals surface area contributed by atoms with Gasteiger partial charge < -0.3 is 10.6 Å². The van der Waals surface area contributed by atoms with Crippen LogP contribution in [0.2, 0.25) is 0 Å². The first-order valence-electron chi connectivity index (χ1n) is 6.06. The quantitative estimate of drug-likeness (QED) is 0.228. The Hall–Kier alpha value is -1.30. The first-order chi connectivity index (χ1) is 8.01. The zero-order valence-electron chi connectivity index (χ0n) is 11.2. The van der Waals surface area contributed by atoms with Crippen molar-refractivity contribution in [2.75, 3.05) is 13.1 Å². The molecule has 1 amide bonds. The highest BCUT2D eigenvalue weighted by Crippen LogP contribution is 1.89. The summed E-state index contributed by atoms with van der Waals surface area (Å²) in [4.78, 5) is 15.8. The number of nitrogens with two attached hydrogens (primary N) is 1. The third-order valence-corrected chi connectivity index (χ3v) is 2.06. The maximum Gasteiger partial charge on any atom is 0.242 e. The monoisotopic (exact) mass is 243 g/mol. The maximum atomic E-state index is 11.7. The minimum absolute atomic E-state index is 0.0573. The Morgan fingerprint density at radius 3 is 2.47 bits per heavy atom. The van der Waals surface area contributed by atoms with Gasteiger partial charge in [0, 0.05) is 13.1 Å². The van der Waals surface area contributed by atoms with Crippen molar-refractivity contribution in [3.8, 4) is 0 Å². The van der Waals surface area contributed by atoms with Crippen LogP contribution in [0.25, 0.3) is 0 Å². The van der Waals surface area contributed by atoms with E-state index in [4.69, 9.17) is 5.84 Å². The van der Waals surface area contributed by atoms with Crippen molar-refractivity contribution in [3.05, 3.63) is 0 Å². The van der Waals surface area contributed by atoms with Crippen LogP contribution in [0.5, 0.6) is 0 Å². The number of hydrazine groups is 1. The van der Waals surface area contributed by atoms with Crippen LogP contribution in [0.1, 0.15) is 34.1 Å². The predicted molar refractivity (Wildman–Crippen MR) is 70.4 cm³/mol. The lowest BCUT2D eigenvalue weighted by atomic mass is 10.2. The van der Waals surface area contributed by atoms with Gasteiger partial charge in [-0.3, -0.25) is 15.2 Å². The molecule has 6 heteroatoms. The number of hydrogen-bond donors (Lipinski definition) is 4. The molecule has 5 N–H and O–H groups in total. The first-order valence-corrected chi connectivity index (χ1v) is 6.06. The van der Waals surface area contributed by atoms with Gasteiger partial charge in [-0.05, 0) is 19.3 Å². The zero-order valence-corrected chi connectivity index (χ0v) is 11.2. The lowest BCUT2D eigenvalue weighted by Crippen LogP contribution is -2.51. The normalized spacial score (nSPS) is 13.4. The molecular formula is C11H25N5O. The van der Waals surface area contributed by atoms with E-state index in [1.54, 1.807) is 6.92 Å². The molecule has 100 valence electrons. The molecule has 0 heterocycles. The second-order valence-corrected chi connectivity index (χ2v) is 4.38. The Labute approximate surface area is 103 Å². The predicted octanol–water partition coefficient (Wildman–Crippen LogP) is -0.0340. The number of rotatable bonds is 6. The molecule has 1 atom stereocenters. The number of carbonyl (C=O) groups is 1. The van der Waals surface area contributed by atoms with E-state index in [0.29, 0.717) is 25.0 Å². The number of carbonyl (C=O) groups excluding carboxylic acids is 1. The molecule has 6 nitrogen and oxygen atoms in total. The van der Waals surface area contributed by atoms with Gasteiger partial charge in [0.15, 0.2) is 0 Å². The average molecular weight is 243 g/mol. The molecule has 0 aromatic heterocycles. The Kier molecular flexibility index (Phi) is 8.13. The highest BCUT2D eigenvalue weighted by Gasteiger charge is 2.13. The van der Waals surface area contributed by atoms with Crippen LogP contribution >= 0.6 is 0 Å². The van der Waals surface area contributed by atoms with Crippen LogP contribution in [0.3, 0.4) is 0 Å². The Balaban J connectivity index is 4.12. The van der Waals surface area contributed by atoms with Crippen molar-refractivity contribution in [1.29, 1.82) is 0 Å². The zero-order chi connectivity index (χ0) is 13.3. The third-order valence-electron chi connectivity index (χ3n) is 2.06. The summed E-state index contributed by atoms with van der Waals surface area (Å²) in [5, 5.41) is 5.77. The fraction of sp³-hybridized carbons (Fsp3) is 0.818. The van der Waals surface area contributed by atoms with Gasteiger partial charge in [-0.15, -0.1) is 0 Å². The molecule has 0 saturated carbocycles. The van der Waals surface area contributed by atoms with Crippen LogP contribution in [0.15, 0.2) is 4.99 Å². The van der Waals surface area contributed by atoms with Crippen molar-refractivity contribution in [2.45, 2.75) is 40.2 Å². The SMILES string of the molecule is CCCN=C(NN)NC(C)C(=O)NCC(C)C. The van der Waals surface area contributed by atoms with E-state index in [1.165, 1.54) is 0 Å². The molecule has 0 aliphatic heterocycles. The molecule has 0 aliphatic rings. The number of guanidine groups is 1. The van der Waals surface area contributed by atoms with Gasteiger partial charge in [0.25, 0.3) is 0 Å². The molecule has 1 unspecified atom stereocenters. The highest BCUT2D eigenvalue weighted by atomic mass is 16.2. The molecule has 0 aliphatic carbocycles. The molecule has 0 aromatic rings. The number of nitrogens with zero attached hydrogens (tertiary/aromatic N) is 1. The van der Waals surface area contributed by atoms with E-state index in [1.807, 2.05) is 20.8 Å². The largest absolute Gasteiger partial charge is 0.354 e. The van der Waals surface area contributed by atoms with Crippen molar-refractivity contribution >= 4 is 11.9 Å². The molecule has 0 aromatic carbocycles. The summed E-state index contributed by atoms with van der Waals surface area (Å²) in [6, 6.07) is -0.361. The van der Waals surface area contributed by atoms with Crippen LogP contribution in [-0.2, 0) is 4.79 Å². The lowest BCUT2D eigenvalue weighted by molar-refractivity contribution is -0.122. The molecule has 17 heavy (non-hydrogen) atoms.